The second-order valence-corrected chi connectivity index (χ2v) is 8.67. The van der Waals surface area contributed by atoms with Gasteiger partial charge in [-0.05, 0) is 42.0 Å². The smallest absolute Gasteiger partial charge is 0.121 e. The molecule has 3 aromatic rings. The molecule has 1 N–H and O–H groups in total. The minimum absolute atomic E-state index is 0.0476. The second kappa shape index (κ2) is 10.9. The molecule has 0 saturated carbocycles. The van der Waals surface area contributed by atoms with E-state index in [1.54, 1.807) is 18.3 Å². The number of rotatable bonds is 7. The summed E-state index contributed by atoms with van der Waals surface area (Å²) < 4.78 is 5.50. The maximum atomic E-state index is 9.00. The molecule has 1 aliphatic heterocycles. The summed E-state index contributed by atoms with van der Waals surface area (Å²) in [4.78, 5) is 9.10. The van der Waals surface area contributed by atoms with Crippen LogP contribution in [0, 0.1) is 11.3 Å². The fraction of sp³-hybridized carbons (Fsp3) is 0.280. The van der Waals surface area contributed by atoms with Gasteiger partial charge in [-0.1, -0.05) is 35.3 Å². The van der Waals surface area contributed by atoms with Crippen molar-refractivity contribution in [1.82, 2.24) is 9.88 Å². The van der Waals surface area contributed by atoms with Gasteiger partial charge in [0.15, 0.2) is 0 Å². The number of benzene rings is 2. The molecule has 0 amide bonds. The molecule has 1 saturated heterocycles. The van der Waals surface area contributed by atoms with E-state index < -0.39 is 0 Å². The van der Waals surface area contributed by atoms with Gasteiger partial charge in [-0.25, -0.2) is 0 Å². The summed E-state index contributed by atoms with van der Waals surface area (Å²) in [5, 5.41) is 19.3. The molecule has 2 aromatic carbocycles. The molecular formula is C25H24Cl2N4O2. The van der Waals surface area contributed by atoms with Crippen molar-refractivity contribution in [3.05, 3.63) is 87.7 Å². The van der Waals surface area contributed by atoms with Gasteiger partial charge in [0.05, 0.1) is 34.6 Å². The maximum absolute atomic E-state index is 9.00. The summed E-state index contributed by atoms with van der Waals surface area (Å²) in [6.45, 7) is 3.28. The first-order chi connectivity index (χ1) is 16.1. The number of anilines is 1. The molecule has 1 fully saturated rings. The van der Waals surface area contributed by atoms with Crippen LogP contribution in [0.4, 0.5) is 5.69 Å². The molecule has 0 unspecified atom stereocenters. The standard InChI is InChI=1S/C25H24Cl2N4O2/c26-20-4-2-19(3-5-20)25-17-30(16-21-6-1-18(14-28)15-29-21)9-10-31(25)24-8-7-22(13-23(24)27)33-12-11-32/h1-8,13,15,25,32H,9-12,16-17H2/t25-/m0/s1. The van der Waals surface area contributed by atoms with Crippen LogP contribution in [0.2, 0.25) is 10.0 Å². The van der Waals surface area contributed by atoms with E-state index in [-0.39, 0.29) is 19.3 Å². The van der Waals surface area contributed by atoms with Crippen molar-refractivity contribution in [3.8, 4) is 11.8 Å². The molecular weight excluding hydrogens is 459 g/mol. The molecule has 33 heavy (non-hydrogen) atoms. The van der Waals surface area contributed by atoms with Crippen LogP contribution in [0.1, 0.15) is 22.9 Å². The Balaban J connectivity index is 1.58. The number of hydrogen-bond acceptors (Lipinski definition) is 6. The van der Waals surface area contributed by atoms with Gasteiger partial charge in [0.2, 0.25) is 0 Å². The van der Waals surface area contributed by atoms with Crippen LogP contribution in [0.5, 0.6) is 5.75 Å². The quantitative estimate of drug-likeness (QED) is 0.526. The van der Waals surface area contributed by atoms with E-state index in [1.165, 1.54) is 0 Å². The van der Waals surface area contributed by atoms with Crippen molar-refractivity contribution in [1.29, 1.82) is 5.26 Å². The first-order valence-corrected chi connectivity index (χ1v) is 11.5. The number of nitrogens with zero attached hydrogens (tertiary/aromatic N) is 4. The monoisotopic (exact) mass is 482 g/mol. The lowest BCUT2D eigenvalue weighted by molar-refractivity contribution is 0.201. The summed E-state index contributed by atoms with van der Waals surface area (Å²) >= 11 is 12.8. The molecule has 8 heteroatoms. The number of nitriles is 1. The highest BCUT2D eigenvalue weighted by Gasteiger charge is 2.30. The fourth-order valence-corrected chi connectivity index (χ4v) is 4.43. The Morgan fingerprint density at radius 3 is 2.58 bits per heavy atom. The predicted octanol–water partition coefficient (Wildman–Crippen LogP) is 4.69. The van der Waals surface area contributed by atoms with E-state index in [4.69, 9.17) is 38.3 Å². The van der Waals surface area contributed by atoms with Crippen molar-refractivity contribution in [2.75, 3.05) is 37.7 Å². The highest BCUT2D eigenvalue weighted by molar-refractivity contribution is 6.33. The Morgan fingerprint density at radius 2 is 1.91 bits per heavy atom. The minimum atomic E-state index is -0.0476. The van der Waals surface area contributed by atoms with Crippen LogP contribution in [0.25, 0.3) is 0 Å². The van der Waals surface area contributed by atoms with E-state index in [0.29, 0.717) is 27.9 Å². The first kappa shape index (κ1) is 23.3. The maximum Gasteiger partial charge on any atom is 0.121 e. The van der Waals surface area contributed by atoms with Crippen LogP contribution in [0.3, 0.4) is 0 Å². The molecule has 2 heterocycles. The molecule has 0 bridgehead atoms. The van der Waals surface area contributed by atoms with Crippen molar-refractivity contribution < 1.29 is 9.84 Å². The lowest BCUT2D eigenvalue weighted by Gasteiger charge is -2.43. The summed E-state index contributed by atoms with van der Waals surface area (Å²) in [6, 6.07) is 19.4. The second-order valence-electron chi connectivity index (χ2n) is 7.83. The lowest BCUT2D eigenvalue weighted by Crippen LogP contribution is -2.48. The summed E-state index contributed by atoms with van der Waals surface area (Å²) in [5.41, 5.74) is 3.57. The number of aromatic nitrogens is 1. The van der Waals surface area contributed by atoms with Gasteiger partial charge in [0, 0.05) is 43.5 Å². The molecule has 170 valence electrons. The van der Waals surface area contributed by atoms with Gasteiger partial charge >= 0.3 is 0 Å². The third-order valence-corrected chi connectivity index (χ3v) is 6.20. The molecule has 0 radical (unpaired) electrons. The molecule has 1 aliphatic rings. The number of aliphatic hydroxyl groups is 1. The number of halogens is 2. The van der Waals surface area contributed by atoms with Crippen molar-refractivity contribution >= 4 is 28.9 Å². The molecule has 0 aliphatic carbocycles. The molecule has 4 rings (SSSR count). The van der Waals surface area contributed by atoms with Crippen molar-refractivity contribution in [3.63, 3.8) is 0 Å². The fourth-order valence-electron chi connectivity index (χ4n) is 4.03. The Labute approximate surface area is 203 Å². The van der Waals surface area contributed by atoms with Gasteiger partial charge in [-0.2, -0.15) is 5.26 Å². The molecule has 1 atom stereocenters. The van der Waals surface area contributed by atoms with Gasteiger partial charge in [-0.3, -0.25) is 9.88 Å². The number of ether oxygens (including phenoxy) is 1. The number of hydrogen-bond donors (Lipinski definition) is 1. The number of piperazine rings is 1. The summed E-state index contributed by atoms with van der Waals surface area (Å²) in [6.07, 6.45) is 1.61. The zero-order valence-electron chi connectivity index (χ0n) is 18.0. The summed E-state index contributed by atoms with van der Waals surface area (Å²) in [5.74, 6) is 0.631. The Kier molecular flexibility index (Phi) is 7.69. The average molecular weight is 483 g/mol. The minimum Gasteiger partial charge on any atom is -0.491 e. The van der Waals surface area contributed by atoms with Crippen LogP contribution in [-0.2, 0) is 6.54 Å². The zero-order valence-corrected chi connectivity index (χ0v) is 19.5. The van der Waals surface area contributed by atoms with E-state index in [1.807, 2.05) is 30.3 Å². The Bertz CT molecular complexity index is 1120. The molecule has 0 spiro atoms. The van der Waals surface area contributed by atoms with Crippen LogP contribution in [-0.4, -0.2) is 47.8 Å². The van der Waals surface area contributed by atoms with Gasteiger partial charge < -0.3 is 14.7 Å². The van der Waals surface area contributed by atoms with E-state index in [2.05, 4.69) is 33.0 Å². The average Bonchev–Trinajstić information content (AvgIpc) is 2.84. The SMILES string of the molecule is N#Cc1ccc(CN2CCN(c3ccc(OCCO)cc3Cl)[C@H](c3ccc(Cl)cc3)C2)nc1. The highest BCUT2D eigenvalue weighted by atomic mass is 35.5. The van der Waals surface area contributed by atoms with Gasteiger partial charge in [-0.15, -0.1) is 0 Å². The Hall–Kier alpha value is -2.82. The zero-order chi connectivity index (χ0) is 23.2. The van der Waals surface area contributed by atoms with E-state index in [0.717, 1.165) is 36.6 Å². The van der Waals surface area contributed by atoms with Crippen molar-refractivity contribution in [2.45, 2.75) is 12.6 Å². The first-order valence-electron chi connectivity index (χ1n) is 10.7. The highest BCUT2D eigenvalue weighted by Crippen LogP contribution is 2.37. The largest absolute Gasteiger partial charge is 0.491 e. The normalized spacial score (nSPS) is 16.4. The van der Waals surface area contributed by atoms with Crippen LogP contribution in [0.15, 0.2) is 60.8 Å². The van der Waals surface area contributed by atoms with E-state index >= 15 is 0 Å². The predicted molar refractivity (Wildman–Crippen MR) is 130 cm³/mol. The van der Waals surface area contributed by atoms with Gasteiger partial charge in [0.25, 0.3) is 0 Å². The van der Waals surface area contributed by atoms with Gasteiger partial charge in [0.1, 0.15) is 18.4 Å². The number of pyridine rings is 1. The van der Waals surface area contributed by atoms with E-state index in [9.17, 15) is 0 Å². The molecule has 1 aromatic heterocycles. The van der Waals surface area contributed by atoms with Crippen molar-refractivity contribution in [2.24, 2.45) is 0 Å². The lowest BCUT2D eigenvalue weighted by atomic mass is 10.0. The topological polar surface area (TPSA) is 72.6 Å². The third-order valence-electron chi connectivity index (χ3n) is 5.65. The van der Waals surface area contributed by atoms with Crippen LogP contribution < -0.4 is 9.64 Å². The van der Waals surface area contributed by atoms with Crippen LogP contribution >= 0.6 is 23.2 Å². The third kappa shape index (κ3) is 5.76. The Morgan fingerprint density at radius 1 is 1.09 bits per heavy atom. The summed E-state index contributed by atoms with van der Waals surface area (Å²) in [7, 11) is 0. The molecule has 6 nitrogen and oxygen atoms in total. The number of aliphatic hydroxyl groups excluding tert-OH is 1.